The highest BCUT2D eigenvalue weighted by Gasteiger charge is 2.21. The summed E-state index contributed by atoms with van der Waals surface area (Å²) in [5.41, 5.74) is 12.7. The van der Waals surface area contributed by atoms with Crippen LogP contribution in [0.5, 0.6) is 0 Å². The van der Waals surface area contributed by atoms with Crippen molar-refractivity contribution < 1.29 is 0 Å². The molecule has 4 heteroatoms. The van der Waals surface area contributed by atoms with E-state index in [1.807, 2.05) is 24.3 Å². The molecule has 0 aliphatic heterocycles. The maximum absolute atomic E-state index is 9.73. The predicted octanol–water partition coefficient (Wildman–Crippen LogP) is 15.6. The summed E-state index contributed by atoms with van der Waals surface area (Å²) in [6.07, 6.45) is 0. The van der Waals surface area contributed by atoms with Gasteiger partial charge in [0.1, 0.15) is 0 Å². The molecule has 0 fully saturated rings. The number of hydrogen-bond acceptors (Lipinski definition) is 3. The molecule has 4 nitrogen and oxygen atoms in total. The molecule has 11 rings (SSSR count). The molecule has 0 spiro atoms. The standard InChI is InChI=1S/C57H38N4/c58-39-40-23-28-47(29-24-40)60(49-33-35-57-54(38-49)53-21-11-12-22-55(53)61(57)45-17-5-2-6-18-45)56-36-34-50(51-19-9-10-20-52(51)56)42-26-30-46(31-27-42)59(44-15-3-1-4-16-44)48-32-25-41-13-7-8-14-43(41)37-48/h1-38H. The molecule has 1 heterocycles. The van der Waals surface area contributed by atoms with Crippen LogP contribution in [-0.2, 0) is 0 Å². The van der Waals surface area contributed by atoms with E-state index in [9.17, 15) is 5.26 Å². The number of aromatic nitrogens is 1. The fraction of sp³-hybridized carbons (Fsp3) is 0. The van der Waals surface area contributed by atoms with E-state index in [-0.39, 0.29) is 0 Å². The van der Waals surface area contributed by atoms with Crippen LogP contribution in [0.25, 0.3) is 60.2 Å². The summed E-state index contributed by atoms with van der Waals surface area (Å²) in [6, 6.07) is 84.0. The molecule has 1 aromatic heterocycles. The van der Waals surface area contributed by atoms with Gasteiger partial charge >= 0.3 is 0 Å². The van der Waals surface area contributed by atoms with E-state index in [2.05, 4.69) is 227 Å². The van der Waals surface area contributed by atoms with Crippen molar-refractivity contribution in [1.29, 1.82) is 5.26 Å². The Bertz CT molecular complexity index is 3420. The number of rotatable bonds is 8. The van der Waals surface area contributed by atoms with E-state index in [0.29, 0.717) is 5.56 Å². The van der Waals surface area contributed by atoms with Crippen molar-refractivity contribution in [3.63, 3.8) is 0 Å². The summed E-state index contributed by atoms with van der Waals surface area (Å²) in [7, 11) is 0. The SMILES string of the molecule is N#Cc1ccc(N(c2ccc3c(c2)c2ccccc2n3-c2ccccc2)c2ccc(-c3ccc(N(c4ccccc4)c4ccc5ccccc5c4)cc3)c3ccccc23)cc1. The van der Waals surface area contributed by atoms with E-state index >= 15 is 0 Å². The minimum Gasteiger partial charge on any atom is -0.310 e. The van der Waals surface area contributed by atoms with Crippen LogP contribution in [0.1, 0.15) is 5.56 Å². The molecule has 0 radical (unpaired) electrons. The molecule has 11 aromatic rings. The van der Waals surface area contributed by atoms with Crippen LogP contribution in [0.3, 0.4) is 0 Å². The largest absolute Gasteiger partial charge is 0.310 e. The first kappa shape index (κ1) is 35.7. The Balaban J connectivity index is 1.04. The molecule has 0 amide bonds. The van der Waals surface area contributed by atoms with Gasteiger partial charge in [-0.05, 0) is 130 Å². The molecule has 0 saturated carbocycles. The summed E-state index contributed by atoms with van der Waals surface area (Å²) in [6.45, 7) is 0. The topological polar surface area (TPSA) is 35.2 Å². The van der Waals surface area contributed by atoms with Crippen molar-refractivity contribution >= 4 is 77.5 Å². The van der Waals surface area contributed by atoms with Crippen LogP contribution < -0.4 is 9.80 Å². The zero-order valence-electron chi connectivity index (χ0n) is 33.2. The van der Waals surface area contributed by atoms with Crippen LogP contribution >= 0.6 is 0 Å². The van der Waals surface area contributed by atoms with E-state index in [4.69, 9.17) is 0 Å². The monoisotopic (exact) mass is 778 g/mol. The Kier molecular flexibility index (Phi) is 8.84. The van der Waals surface area contributed by atoms with E-state index < -0.39 is 0 Å². The highest BCUT2D eigenvalue weighted by atomic mass is 15.1. The molecule has 0 saturated heterocycles. The van der Waals surface area contributed by atoms with Crippen molar-refractivity contribution in [2.75, 3.05) is 9.80 Å². The van der Waals surface area contributed by atoms with E-state index in [1.165, 1.54) is 21.5 Å². The van der Waals surface area contributed by atoms with Crippen LogP contribution in [0.15, 0.2) is 231 Å². The van der Waals surface area contributed by atoms with Gasteiger partial charge < -0.3 is 14.4 Å². The number of hydrogen-bond donors (Lipinski definition) is 0. The number of nitrogens with zero attached hydrogens (tertiary/aromatic N) is 4. The molecular weight excluding hydrogens is 741 g/mol. The number of fused-ring (bicyclic) bond motifs is 5. The molecule has 10 aromatic carbocycles. The lowest BCUT2D eigenvalue weighted by molar-refractivity contribution is 1.18. The smallest absolute Gasteiger partial charge is 0.0991 e. The third kappa shape index (κ3) is 6.33. The second-order valence-electron chi connectivity index (χ2n) is 15.3. The Morgan fingerprint density at radius 2 is 0.918 bits per heavy atom. The lowest BCUT2D eigenvalue weighted by atomic mass is 9.96. The number of anilines is 6. The Hall–Kier alpha value is -8.39. The highest BCUT2D eigenvalue weighted by Crippen LogP contribution is 2.45. The molecule has 0 aliphatic rings. The van der Waals surface area contributed by atoms with Crippen molar-refractivity contribution in [3.05, 3.63) is 236 Å². The molecular formula is C57H38N4. The van der Waals surface area contributed by atoms with Gasteiger partial charge in [0.15, 0.2) is 0 Å². The molecule has 0 aliphatic carbocycles. The van der Waals surface area contributed by atoms with Crippen LogP contribution in [-0.4, -0.2) is 4.57 Å². The van der Waals surface area contributed by atoms with Crippen LogP contribution in [0.4, 0.5) is 34.1 Å². The summed E-state index contributed by atoms with van der Waals surface area (Å²) in [5.74, 6) is 0. The average Bonchev–Trinajstić information content (AvgIpc) is 3.66. The van der Waals surface area contributed by atoms with Crippen molar-refractivity contribution in [2.24, 2.45) is 0 Å². The second-order valence-corrected chi connectivity index (χ2v) is 15.3. The minimum atomic E-state index is 0.625. The lowest BCUT2D eigenvalue weighted by Gasteiger charge is -2.28. The van der Waals surface area contributed by atoms with Gasteiger partial charge in [0, 0.05) is 50.3 Å². The van der Waals surface area contributed by atoms with E-state index in [1.54, 1.807) is 0 Å². The van der Waals surface area contributed by atoms with Crippen molar-refractivity contribution in [1.82, 2.24) is 4.57 Å². The highest BCUT2D eigenvalue weighted by molar-refractivity contribution is 6.12. The predicted molar refractivity (Wildman–Crippen MR) is 255 cm³/mol. The van der Waals surface area contributed by atoms with Gasteiger partial charge in [-0.25, -0.2) is 0 Å². The maximum atomic E-state index is 9.73. The fourth-order valence-electron chi connectivity index (χ4n) is 8.93. The Morgan fingerprint density at radius 1 is 0.361 bits per heavy atom. The first-order valence-electron chi connectivity index (χ1n) is 20.6. The van der Waals surface area contributed by atoms with Gasteiger partial charge in [-0.1, -0.05) is 127 Å². The van der Waals surface area contributed by atoms with Crippen molar-refractivity contribution in [3.8, 4) is 22.9 Å². The number of benzene rings is 10. The summed E-state index contributed by atoms with van der Waals surface area (Å²) in [4.78, 5) is 4.65. The third-order valence-electron chi connectivity index (χ3n) is 11.8. The summed E-state index contributed by atoms with van der Waals surface area (Å²) >= 11 is 0. The Morgan fingerprint density at radius 3 is 1.69 bits per heavy atom. The molecule has 0 atom stereocenters. The first-order chi connectivity index (χ1) is 30.2. The fourth-order valence-corrected chi connectivity index (χ4v) is 8.93. The van der Waals surface area contributed by atoms with Crippen molar-refractivity contribution in [2.45, 2.75) is 0 Å². The molecule has 0 N–H and O–H groups in total. The van der Waals surface area contributed by atoms with Gasteiger partial charge in [-0.15, -0.1) is 0 Å². The summed E-state index contributed by atoms with van der Waals surface area (Å²) in [5, 5.41) is 16.8. The number of nitriles is 1. The lowest BCUT2D eigenvalue weighted by Crippen LogP contribution is -2.11. The van der Waals surface area contributed by atoms with Crippen LogP contribution in [0, 0.1) is 11.3 Å². The Labute approximate surface area is 354 Å². The van der Waals surface area contributed by atoms with Gasteiger partial charge in [-0.3, -0.25) is 0 Å². The third-order valence-corrected chi connectivity index (χ3v) is 11.8. The molecule has 0 bridgehead atoms. The minimum absolute atomic E-state index is 0.625. The van der Waals surface area contributed by atoms with Gasteiger partial charge in [-0.2, -0.15) is 5.26 Å². The summed E-state index contributed by atoms with van der Waals surface area (Å²) < 4.78 is 2.34. The van der Waals surface area contributed by atoms with Crippen LogP contribution in [0.2, 0.25) is 0 Å². The van der Waals surface area contributed by atoms with Gasteiger partial charge in [0.05, 0.1) is 28.4 Å². The molecule has 286 valence electrons. The second kappa shape index (κ2) is 15.1. The average molecular weight is 779 g/mol. The zero-order chi connectivity index (χ0) is 40.7. The number of para-hydroxylation sites is 3. The first-order valence-corrected chi connectivity index (χ1v) is 20.6. The maximum Gasteiger partial charge on any atom is 0.0991 e. The van der Waals surface area contributed by atoms with E-state index in [0.717, 1.165) is 72.7 Å². The quantitative estimate of drug-likeness (QED) is 0.154. The zero-order valence-corrected chi connectivity index (χ0v) is 33.2. The molecule has 61 heavy (non-hydrogen) atoms. The van der Waals surface area contributed by atoms with Gasteiger partial charge in [0.25, 0.3) is 0 Å². The molecule has 0 unspecified atom stereocenters. The normalized spacial score (nSPS) is 11.3. The van der Waals surface area contributed by atoms with Gasteiger partial charge in [0.2, 0.25) is 0 Å².